The molecule has 2 heterocycles. The molecule has 28 heavy (non-hydrogen) atoms. The highest BCUT2D eigenvalue weighted by atomic mass is 32.2. The van der Waals surface area contributed by atoms with Crippen LogP contribution >= 0.6 is 0 Å². The summed E-state index contributed by atoms with van der Waals surface area (Å²) in [4.78, 5) is 39.0. The maximum Gasteiger partial charge on any atom is 0.417 e. The fourth-order valence-electron chi connectivity index (χ4n) is 2.98. The van der Waals surface area contributed by atoms with E-state index >= 15 is 0 Å². The van der Waals surface area contributed by atoms with E-state index in [1.165, 1.54) is 18.2 Å². The molecule has 2 amide bonds. The van der Waals surface area contributed by atoms with Crippen molar-refractivity contribution in [3.05, 3.63) is 64.1 Å². The number of aromatic amines is 1. The Balaban J connectivity index is 1.39. The molecule has 3 aromatic rings. The van der Waals surface area contributed by atoms with Gasteiger partial charge in [0, 0.05) is 12.6 Å². The Morgan fingerprint density at radius 2 is 1.68 bits per heavy atom. The number of imide groups is 1. The Morgan fingerprint density at radius 3 is 2.36 bits per heavy atom. The average Bonchev–Trinajstić information content (AvgIpc) is 3.16. The minimum absolute atomic E-state index is 0.0353. The van der Waals surface area contributed by atoms with Gasteiger partial charge in [0.1, 0.15) is 0 Å². The van der Waals surface area contributed by atoms with Gasteiger partial charge < -0.3 is 4.42 Å². The molecule has 0 aliphatic carbocycles. The number of nitrogens with one attached hydrogen (secondary N) is 1. The van der Waals surface area contributed by atoms with Gasteiger partial charge in [-0.2, -0.15) is 8.42 Å². The molecular weight excluding hydrogens is 388 g/mol. The van der Waals surface area contributed by atoms with Crippen molar-refractivity contribution in [1.29, 1.82) is 0 Å². The van der Waals surface area contributed by atoms with Crippen molar-refractivity contribution >= 4 is 33.0 Å². The number of benzene rings is 2. The molecule has 1 N–H and O–H groups in total. The van der Waals surface area contributed by atoms with E-state index in [9.17, 15) is 22.8 Å². The lowest BCUT2D eigenvalue weighted by Gasteiger charge is -2.13. The highest BCUT2D eigenvalue weighted by Crippen LogP contribution is 2.23. The number of amides is 2. The fourth-order valence-corrected chi connectivity index (χ4v) is 3.94. The van der Waals surface area contributed by atoms with Crippen molar-refractivity contribution in [2.24, 2.45) is 0 Å². The van der Waals surface area contributed by atoms with Crippen LogP contribution in [0.2, 0.25) is 0 Å². The molecule has 0 bridgehead atoms. The van der Waals surface area contributed by atoms with E-state index in [4.69, 9.17) is 8.60 Å². The second kappa shape index (κ2) is 6.73. The maximum absolute atomic E-state index is 12.3. The number of carbonyl (C=O) groups excluding carboxylic acids is 2. The summed E-state index contributed by atoms with van der Waals surface area (Å²) in [5.74, 6) is -1.50. The summed E-state index contributed by atoms with van der Waals surface area (Å²) in [6.07, 6.45) is 0.145. The molecule has 0 saturated heterocycles. The van der Waals surface area contributed by atoms with E-state index in [0.717, 1.165) is 4.90 Å². The van der Waals surface area contributed by atoms with Crippen molar-refractivity contribution in [2.45, 2.75) is 11.3 Å². The molecule has 0 atom stereocenters. The molecule has 4 rings (SSSR count). The summed E-state index contributed by atoms with van der Waals surface area (Å²) in [5.41, 5.74) is 1.14. The van der Waals surface area contributed by atoms with Gasteiger partial charge in [0.15, 0.2) is 5.58 Å². The molecule has 1 aliphatic rings. The van der Waals surface area contributed by atoms with Crippen molar-refractivity contribution in [2.75, 3.05) is 13.2 Å². The number of hydrogen-bond acceptors (Lipinski definition) is 7. The number of H-pyrrole nitrogens is 1. The largest absolute Gasteiger partial charge is 0.417 e. The third-order valence-electron chi connectivity index (χ3n) is 4.32. The van der Waals surface area contributed by atoms with Gasteiger partial charge in [0.25, 0.3) is 21.9 Å². The van der Waals surface area contributed by atoms with Gasteiger partial charge in [-0.15, -0.1) is 0 Å². The first-order valence-electron chi connectivity index (χ1n) is 8.34. The zero-order chi connectivity index (χ0) is 19.9. The number of aromatic nitrogens is 1. The van der Waals surface area contributed by atoms with Crippen LogP contribution in [0.1, 0.15) is 27.1 Å². The Hall–Kier alpha value is -3.24. The molecule has 2 aromatic carbocycles. The summed E-state index contributed by atoms with van der Waals surface area (Å²) in [6, 6.07) is 10.4. The molecule has 0 unspecified atom stereocenters. The summed E-state index contributed by atoms with van der Waals surface area (Å²) in [5, 5.41) is 0. The van der Waals surface area contributed by atoms with Gasteiger partial charge in [0.05, 0.1) is 28.1 Å². The number of oxazole rings is 1. The third kappa shape index (κ3) is 3.12. The zero-order valence-corrected chi connectivity index (χ0v) is 15.2. The molecule has 1 aromatic heterocycles. The Bertz CT molecular complexity index is 1220. The first-order valence-corrected chi connectivity index (χ1v) is 9.75. The van der Waals surface area contributed by atoms with E-state index < -0.39 is 27.7 Å². The predicted octanol–water partition coefficient (Wildman–Crippen LogP) is 1.51. The first kappa shape index (κ1) is 18.1. The van der Waals surface area contributed by atoms with Crippen LogP contribution in [0.5, 0.6) is 0 Å². The third-order valence-corrected chi connectivity index (χ3v) is 5.63. The Labute approximate surface area is 158 Å². The minimum atomic E-state index is -4.08. The second-order valence-corrected chi connectivity index (χ2v) is 7.73. The molecule has 10 heteroatoms. The summed E-state index contributed by atoms with van der Waals surface area (Å²) < 4.78 is 34.4. The Kier molecular flexibility index (Phi) is 4.36. The van der Waals surface area contributed by atoms with Gasteiger partial charge in [-0.25, -0.2) is 4.79 Å². The lowest BCUT2D eigenvalue weighted by Crippen LogP contribution is -2.31. The van der Waals surface area contributed by atoms with Crippen LogP contribution in [0.4, 0.5) is 0 Å². The number of hydrogen-bond donors (Lipinski definition) is 1. The smallest absolute Gasteiger partial charge is 0.408 e. The highest BCUT2D eigenvalue weighted by Gasteiger charge is 2.34. The van der Waals surface area contributed by atoms with Crippen molar-refractivity contribution in [3.63, 3.8) is 0 Å². The number of fused-ring (bicyclic) bond motifs is 2. The summed E-state index contributed by atoms with van der Waals surface area (Å²) in [6.45, 7) is -0.182. The Morgan fingerprint density at radius 1 is 1.00 bits per heavy atom. The topological polar surface area (TPSA) is 127 Å². The molecular formula is C18H14N2O7S. The quantitative estimate of drug-likeness (QED) is 0.376. The van der Waals surface area contributed by atoms with Gasteiger partial charge in [-0.3, -0.25) is 23.7 Å². The van der Waals surface area contributed by atoms with Crippen molar-refractivity contribution in [1.82, 2.24) is 9.88 Å². The lowest BCUT2D eigenvalue weighted by molar-refractivity contribution is 0.0647. The number of rotatable bonds is 6. The van der Waals surface area contributed by atoms with Gasteiger partial charge >= 0.3 is 5.76 Å². The van der Waals surface area contributed by atoms with E-state index in [2.05, 4.69) is 4.98 Å². The number of carbonyl (C=O) groups is 2. The normalized spacial score (nSPS) is 14.1. The van der Waals surface area contributed by atoms with E-state index in [0.29, 0.717) is 16.6 Å². The second-order valence-electron chi connectivity index (χ2n) is 6.11. The molecule has 0 fully saturated rings. The monoisotopic (exact) mass is 402 g/mol. The van der Waals surface area contributed by atoms with Crippen molar-refractivity contribution < 1.29 is 26.6 Å². The molecule has 0 spiro atoms. The molecule has 1 aliphatic heterocycles. The molecule has 9 nitrogen and oxygen atoms in total. The molecule has 144 valence electrons. The van der Waals surface area contributed by atoms with Crippen LogP contribution in [0, 0.1) is 0 Å². The van der Waals surface area contributed by atoms with E-state index in [1.54, 1.807) is 24.3 Å². The maximum atomic E-state index is 12.3. The van der Waals surface area contributed by atoms with Crippen LogP contribution in [-0.2, 0) is 14.3 Å². The van der Waals surface area contributed by atoms with Gasteiger partial charge in [-0.1, -0.05) is 12.1 Å². The van der Waals surface area contributed by atoms with Crippen LogP contribution in [0.3, 0.4) is 0 Å². The number of nitrogens with zero attached hydrogens (tertiary/aromatic N) is 1. The van der Waals surface area contributed by atoms with Crippen LogP contribution in [0.25, 0.3) is 11.1 Å². The van der Waals surface area contributed by atoms with E-state index in [1.807, 2.05) is 0 Å². The SMILES string of the molecule is O=C1c2ccccc2C(=O)N1CCCOS(=O)(=O)c1ccc2[nH]c(=O)oc2c1. The first-order chi connectivity index (χ1) is 13.4. The minimum Gasteiger partial charge on any atom is -0.408 e. The van der Waals surface area contributed by atoms with Crippen LogP contribution < -0.4 is 5.76 Å². The standard InChI is InChI=1S/C18H14N2O7S/c21-16-12-4-1-2-5-13(12)17(22)20(16)8-3-9-26-28(24,25)11-6-7-14-15(10-11)27-18(23)19-14/h1-2,4-7,10H,3,8-9H2,(H,19,23). The van der Waals surface area contributed by atoms with E-state index in [-0.39, 0.29) is 30.1 Å². The van der Waals surface area contributed by atoms with Crippen molar-refractivity contribution in [3.8, 4) is 0 Å². The van der Waals surface area contributed by atoms with Crippen LogP contribution in [0.15, 0.2) is 56.6 Å². The lowest BCUT2D eigenvalue weighted by atomic mass is 10.1. The predicted molar refractivity (Wildman–Crippen MR) is 96.4 cm³/mol. The average molecular weight is 402 g/mol. The van der Waals surface area contributed by atoms with Gasteiger partial charge in [-0.05, 0) is 30.7 Å². The highest BCUT2D eigenvalue weighted by molar-refractivity contribution is 7.86. The van der Waals surface area contributed by atoms with Crippen LogP contribution in [-0.4, -0.2) is 43.3 Å². The van der Waals surface area contributed by atoms with Gasteiger partial charge in [0.2, 0.25) is 0 Å². The summed E-state index contributed by atoms with van der Waals surface area (Å²) in [7, 11) is -4.08. The summed E-state index contributed by atoms with van der Waals surface area (Å²) >= 11 is 0. The molecule has 0 saturated carbocycles. The zero-order valence-electron chi connectivity index (χ0n) is 14.4. The molecule has 0 radical (unpaired) electrons. The fraction of sp³-hybridized carbons (Fsp3) is 0.167.